The third-order valence-electron chi connectivity index (χ3n) is 3.34. The lowest BCUT2D eigenvalue weighted by Crippen LogP contribution is -2.36. The van der Waals surface area contributed by atoms with Crippen molar-refractivity contribution in [3.63, 3.8) is 0 Å². The van der Waals surface area contributed by atoms with Gasteiger partial charge in [-0.15, -0.1) is 0 Å². The van der Waals surface area contributed by atoms with Gasteiger partial charge >= 0.3 is 0 Å². The van der Waals surface area contributed by atoms with Crippen molar-refractivity contribution in [3.8, 4) is 11.3 Å². The summed E-state index contributed by atoms with van der Waals surface area (Å²) in [5.41, 5.74) is 1.86. The Labute approximate surface area is 123 Å². The normalized spacial score (nSPS) is 20.0. The van der Waals surface area contributed by atoms with Gasteiger partial charge < -0.3 is 9.64 Å². The molecule has 0 saturated carbocycles. The summed E-state index contributed by atoms with van der Waals surface area (Å²) in [5, 5.41) is 0.450. The third-order valence-corrected chi connectivity index (χ3v) is 3.53. The Morgan fingerprint density at radius 3 is 2.80 bits per heavy atom. The maximum Gasteiger partial charge on any atom is 0.160 e. The van der Waals surface area contributed by atoms with Gasteiger partial charge in [0, 0.05) is 24.7 Å². The van der Waals surface area contributed by atoms with Crippen molar-refractivity contribution in [1.29, 1.82) is 0 Å². The van der Waals surface area contributed by atoms with Gasteiger partial charge in [-0.3, -0.25) is 0 Å². The van der Waals surface area contributed by atoms with E-state index in [-0.39, 0.29) is 6.10 Å². The second-order valence-corrected chi connectivity index (χ2v) is 5.31. The van der Waals surface area contributed by atoms with Crippen molar-refractivity contribution in [2.45, 2.75) is 6.10 Å². The molecule has 4 nitrogen and oxygen atoms in total. The van der Waals surface area contributed by atoms with Crippen LogP contribution in [0.15, 0.2) is 36.4 Å². The molecule has 1 aliphatic rings. The van der Waals surface area contributed by atoms with Crippen LogP contribution in [0.2, 0.25) is 5.15 Å². The molecule has 0 spiro atoms. The van der Waals surface area contributed by atoms with E-state index < -0.39 is 0 Å². The Balaban J connectivity index is 1.94. The molecule has 5 heteroatoms. The Morgan fingerprint density at radius 2 is 2.05 bits per heavy atom. The van der Waals surface area contributed by atoms with Crippen LogP contribution in [0.3, 0.4) is 0 Å². The Bertz CT molecular complexity index is 591. The van der Waals surface area contributed by atoms with E-state index in [0.717, 1.165) is 24.3 Å². The molecule has 20 heavy (non-hydrogen) atoms. The van der Waals surface area contributed by atoms with Crippen molar-refractivity contribution in [2.75, 3.05) is 26.7 Å². The number of hydrogen-bond donors (Lipinski definition) is 0. The lowest BCUT2D eigenvalue weighted by atomic mass is 10.1. The van der Waals surface area contributed by atoms with E-state index in [1.54, 1.807) is 6.07 Å². The van der Waals surface area contributed by atoms with Gasteiger partial charge in [0.05, 0.1) is 12.3 Å². The summed E-state index contributed by atoms with van der Waals surface area (Å²) in [6.07, 6.45) is -0.116. The van der Waals surface area contributed by atoms with Gasteiger partial charge in [0.15, 0.2) is 5.82 Å². The fourth-order valence-corrected chi connectivity index (χ4v) is 2.46. The van der Waals surface area contributed by atoms with Gasteiger partial charge in [-0.1, -0.05) is 41.9 Å². The van der Waals surface area contributed by atoms with Crippen LogP contribution in [0.4, 0.5) is 0 Å². The molecule has 0 N–H and O–H groups in total. The molecule has 2 heterocycles. The van der Waals surface area contributed by atoms with E-state index in [2.05, 4.69) is 21.9 Å². The lowest BCUT2D eigenvalue weighted by Gasteiger charge is -2.29. The van der Waals surface area contributed by atoms with E-state index in [1.165, 1.54) is 0 Å². The minimum absolute atomic E-state index is 0.116. The number of likely N-dealkylation sites (N-methyl/N-ethyl adjacent to an activating group) is 1. The van der Waals surface area contributed by atoms with Crippen LogP contribution in [0.25, 0.3) is 11.3 Å². The van der Waals surface area contributed by atoms with Crippen molar-refractivity contribution in [2.24, 2.45) is 0 Å². The van der Waals surface area contributed by atoms with Crippen molar-refractivity contribution < 1.29 is 4.74 Å². The van der Waals surface area contributed by atoms with Gasteiger partial charge in [-0.05, 0) is 7.05 Å². The zero-order valence-electron chi connectivity index (χ0n) is 11.3. The summed E-state index contributed by atoms with van der Waals surface area (Å²) < 4.78 is 5.75. The Kier molecular flexibility index (Phi) is 3.96. The van der Waals surface area contributed by atoms with Gasteiger partial charge in [-0.2, -0.15) is 0 Å². The Hall–Kier alpha value is -1.49. The molecule has 1 aromatic carbocycles. The minimum Gasteiger partial charge on any atom is -0.368 e. The molecule has 0 amide bonds. The van der Waals surface area contributed by atoms with E-state index >= 15 is 0 Å². The second kappa shape index (κ2) is 5.87. The smallest absolute Gasteiger partial charge is 0.160 e. The highest BCUT2D eigenvalue weighted by molar-refractivity contribution is 6.29. The van der Waals surface area contributed by atoms with Crippen molar-refractivity contribution in [1.82, 2.24) is 14.9 Å². The first-order valence-electron chi connectivity index (χ1n) is 6.62. The molecule has 3 rings (SSSR count). The number of benzene rings is 1. The number of morpholine rings is 1. The van der Waals surface area contributed by atoms with E-state index in [0.29, 0.717) is 17.6 Å². The Morgan fingerprint density at radius 1 is 1.25 bits per heavy atom. The van der Waals surface area contributed by atoms with Gasteiger partial charge in [0.1, 0.15) is 11.3 Å². The average Bonchev–Trinajstić information content (AvgIpc) is 2.47. The molecule has 2 aromatic rings. The van der Waals surface area contributed by atoms with E-state index in [4.69, 9.17) is 16.3 Å². The molecular formula is C15H16ClN3O. The number of aromatic nitrogens is 2. The molecule has 1 aromatic heterocycles. The molecule has 1 saturated heterocycles. The number of halogens is 1. The predicted octanol–water partition coefficient (Wildman–Crippen LogP) is 2.80. The zero-order chi connectivity index (χ0) is 13.9. The average molecular weight is 290 g/mol. The quantitative estimate of drug-likeness (QED) is 0.797. The molecule has 1 fully saturated rings. The van der Waals surface area contributed by atoms with Gasteiger partial charge in [0.25, 0.3) is 0 Å². The first-order valence-corrected chi connectivity index (χ1v) is 7.00. The van der Waals surface area contributed by atoms with Crippen molar-refractivity contribution >= 4 is 11.6 Å². The summed E-state index contributed by atoms with van der Waals surface area (Å²) >= 11 is 6.14. The van der Waals surface area contributed by atoms with Crippen LogP contribution in [-0.2, 0) is 4.74 Å². The van der Waals surface area contributed by atoms with Crippen LogP contribution in [-0.4, -0.2) is 41.6 Å². The first-order chi connectivity index (χ1) is 9.72. The summed E-state index contributed by atoms with van der Waals surface area (Å²) in [4.78, 5) is 11.1. The molecule has 1 aliphatic heterocycles. The topological polar surface area (TPSA) is 38.2 Å². The zero-order valence-corrected chi connectivity index (χ0v) is 12.0. The summed E-state index contributed by atoms with van der Waals surface area (Å²) in [6.45, 7) is 2.41. The summed E-state index contributed by atoms with van der Waals surface area (Å²) in [6, 6.07) is 11.7. The van der Waals surface area contributed by atoms with E-state index in [9.17, 15) is 0 Å². The standard InChI is InChI=1S/C15H16ClN3O/c1-19-7-8-20-13(10-19)15-17-12(9-14(16)18-15)11-5-3-2-4-6-11/h2-6,9,13H,7-8,10H2,1H3. The molecule has 0 radical (unpaired) electrons. The lowest BCUT2D eigenvalue weighted by molar-refractivity contribution is -0.0254. The number of rotatable bonds is 2. The highest BCUT2D eigenvalue weighted by Crippen LogP contribution is 2.24. The number of hydrogen-bond acceptors (Lipinski definition) is 4. The molecular weight excluding hydrogens is 274 g/mol. The van der Waals surface area contributed by atoms with Crippen LogP contribution in [0.1, 0.15) is 11.9 Å². The molecule has 0 aliphatic carbocycles. The van der Waals surface area contributed by atoms with Crippen LogP contribution < -0.4 is 0 Å². The molecule has 104 valence electrons. The van der Waals surface area contributed by atoms with Gasteiger partial charge in [-0.25, -0.2) is 9.97 Å². The van der Waals surface area contributed by atoms with E-state index in [1.807, 2.05) is 30.3 Å². The molecule has 1 atom stereocenters. The second-order valence-electron chi connectivity index (χ2n) is 4.92. The highest BCUT2D eigenvalue weighted by atomic mass is 35.5. The largest absolute Gasteiger partial charge is 0.368 e. The maximum absolute atomic E-state index is 6.14. The minimum atomic E-state index is -0.116. The monoisotopic (exact) mass is 289 g/mol. The molecule has 0 bridgehead atoms. The van der Waals surface area contributed by atoms with Crippen LogP contribution >= 0.6 is 11.6 Å². The van der Waals surface area contributed by atoms with Crippen molar-refractivity contribution in [3.05, 3.63) is 47.4 Å². The summed E-state index contributed by atoms with van der Waals surface area (Å²) in [5.74, 6) is 0.655. The number of nitrogens with zero attached hydrogens (tertiary/aromatic N) is 3. The predicted molar refractivity (Wildman–Crippen MR) is 78.7 cm³/mol. The summed E-state index contributed by atoms with van der Waals surface area (Å²) in [7, 11) is 2.07. The number of ether oxygens (including phenoxy) is 1. The third kappa shape index (κ3) is 2.98. The maximum atomic E-state index is 6.14. The molecule has 1 unspecified atom stereocenters. The van der Waals surface area contributed by atoms with Gasteiger partial charge in [0.2, 0.25) is 0 Å². The van der Waals surface area contributed by atoms with Crippen LogP contribution in [0, 0.1) is 0 Å². The fraction of sp³-hybridized carbons (Fsp3) is 0.333. The SMILES string of the molecule is CN1CCOC(c2nc(Cl)cc(-c3ccccc3)n2)C1. The first kappa shape index (κ1) is 13.5. The fourth-order valence-electron chi connectivity index (χ4n) is 2.27. The highest BCUT2D eigenvalue weighted by Gasteiger charge is 2.23. The van der Waals surface area contributed by atoms with Crippen LogP contribution in [0.5, 0.6) is 0 Å².